The summed E-state index contributed by atoms with van der Waals surface area (Å²) in [6.45, 7) is 5.60. The van der Waals surface area contributed by atoms with Gasteiger partial charge in [0.25, 0.3) is 5.91 Å². The fourth-order valence-electron chi connectivity index (χ4n) is 1.10. The van der Waals surface area contributed by atoms with Crippen molar-refractivity contribution >= 4 is 17.5 Å². The zero-order valence-electron chi connectivity index (χ0n) is 7.62. The molecule has 0 aliphatic carbocycles. The smallest absolute Gasteiger partial charge is 0.265 e. The van der Waals surface area contributed by atoms with Crippen LogP contribution in [0.25, 0.3) is 0 Å². The van der Waals surface area contributed by atoms with Gasteiger partial charge in [0, 0.05) is 0 Å². The van der Waals surface area contributed by atoms with Crippen molar-refractivity contribution in [2.45, 2.75) is 13.5 Å². The SMILES string of the molecule is C=CCn1nc(C)c(C(=O)N=N)c1Cl. The van der Waals surface area contributed by atoms with Crippen LogP contribution in [0.15, 0.2) is 17.8 Å². The van der Waals surface area contributed by atoms with E-state index in [0.29, 0.717) is 12.2 Å². The topological polar surface area (TPSA) is 71.1 Å². The lowest BCUT2D eigenvalue weighted by atomic mass is 10.2. The first-order chi connectivity index (χ1) is 6.61. The van der Waals surface area contributed by atoms with Gasteiger partial charge in [-0.1, -0.05) is 17.7 Å². The van der Waals surface area contributed by atoms with Gasteiger partial charge < -0.3 is 0 Å². The molecule has 74 valence electrons. The van der Waals surface area contributed by atoms with Gasteiger partial charge >= 0.3 is 0 Å². The van der Waals surface area contributed by atoms with Gasteiger partial charge in [-0.25, -0.2) is 10.2 Å². The summed E-state index contributed by atoms with van der Waals surface area (Å²) in [5.41, 5.74) is 7.26. The van der Waals surface area contributed by atoms with Crippen LogP contribution in [0, 0.1) is 12.5 Å². The van der Waals surface area contributed by atoms with E-state index in [-0.39, 0.29) is 10.7 Å². The third-order valence-electron chi connectivity index (χ3n) is 1.68. The zero-order valence-corrected chi connectivity index (χ0v) is 8.38. The lowest BCUT2D eigenvalue weighted by Crippen LogP contribution is -1.98. The summed E-state index contributed by atoms with van der Waals surface area (Å²) in [5, 5.41) is 7.02. The van der Waals surface area contributed by atoms with Gasteiger partial charge in [0.1, 0.15) is 10.7 Å². The van der Waals surface area contributed by atoms with Crippen LogP contribution in [-0.4, -0.2) is 15.7 Å². The maximum atomic E-state index is 11.2. The van der Waals surface area contributed by atoms with E-state index in [4.69, 9.17) is 17.1 Å². The molecule has 6 heteroatoms. The molecular formula is C8H9ClN4O. The molecule has 0 bridgehead atoms. The minimum Gasteiger partial charge on any atom is -0.265 e. The molecule has 14 heavy (non-hydrogen) atoms. The van der Waals surface area contributed by atoms with Crippen molar-refractivity contribution in [1.82, 2.24) is 9.78 Å². The van der Waals surface area contributed by atoms with Crippen molar-refractivity contribution < 1.29 is 4.79 Å². The van der Waals surface area contributed by atoms with Gasteiger partial charge in [-0.2, -0.15) is 5.10 Å². The molecular weight excluding hydrogens is 204 g/mol. The van der Waals surface area contributed by atoms with Crippen molar-refractivity contribution in [3.8, 4) is 0 Å². The Balaban J connectivity index is 3.23. The lowest BCUT2D eigenvalue weighted by molar-refractivity contribution is 0.0990. The summed E-state index contributed by atoms with van der Waals surface area (Å²) >= 11 is 5.87. The quantitative estimate of drug-likeness (QED) is 0.616. The number of allylic oxidation sites excluding steroid dienone is 1. The minimum absolute atomic E-state index is 0.184. The maximum Gasteiger partial charge on any atom is 0.299 e. The molecule has 0 spiro atoms. The summed E-state index contributed by atoms with van der Waals surface area (Å²) in [4.78, 5) is 11.2. The molecule has 0 aromatic carbocycles. The zero-order chi connectivity index (χ0) is 10.7. The average molecular weight is 213 g/mol. The number of hydrogen-bond donors (Lipinski definition) is 1. The summed E-state index contributed by atoms with van der Waals surface area (Å²) in [7, 11) is 0. The molecule has 0 saturated heterocycles. The van der Waals surface area contributed by atoms with Crippen molar-refractivity contribution in [2.24, 2.45) is 5.11 Å². The number of halogens is 1. The number of amides is 1. The third kappa shape index (κ3) is 1.72. The molecule has 0 aliphatic heterocycles. The first kappa shape index (κ1) is 10.6. The number of rotatable bonds is 3. The van der Waals surface area contributed by atoms with Crippen LogP contribution in [-0.2, 0) is 6.54 Å². The van der Waals surface area contributed by atoms with Crippen LogP contribution in [0.3, 0.4) is 0 Å². The van der Waals surface area contributed by atoms with E-state index in [1.807, 2.05) is 0 Å². The third-order valence-corrected chi connectivity index (χ3v) is 2.07. The predicted octanol–water partition coefficient (Wildman–Crippen LogP) is 2.20. The van der Waals surface area contributed by atoms with E-state index in [1.165, 1.54) is 4.68 Å². The second-order valence-corrected chi connectivity index (χ2v) is 3.00. The summed E-state index contributed by atoms with van der Waals surface area (Å²) in [6, 6.07) is 0. The van der Waals surface area contributed by atoms with Gasteiger partial charge in [0.2, 0.25) is 0 Å². The molecule has 0 aliphatic rings. The number of hydrogen-bond acceptors (Lipinski definition) is 3. The molecule has 0 unspecified atom stereocenters. The Bertz CT molecular complexity index is 396. The van der Waals surface area contributed by atoms with E-state index in [2.05, 4.69) is 16.8 Å². The summed E-state index contributed by atoms with van der Waals surface area (Å²) in [6.07, 6.45) is 1.62. The van der Waals surface area contributed by atoms with E-state index in [0.717, 1.165) is 0 Å². The van der Waals surface area contributed by atoms with Gasteiger partial charge in [0.15, 0.2) is 0 Å². The standard InChI is InChI=1S/C8H9ClN4O/c1-3-4-13-7(9)6(5(2)12-13)8(14)11-10/h3,10H,1,4H2,2H3. The minimum atomic E-state index is -0.678. The van der Waals surface area contributed by atoms with Crippen LogP contribution >= 0.6 is 11.6 Å². The highest BCUT2D eigenvalue weighted by molar-refractivity contribution is 6.33. The number of nitrogens with zero attached hydrogens (tertiary/aromatic N) is 3. The van der Waals surface area contributed by atoms with Crippen LogP contribution < -0.4 is 0 Å². The van der Waals surface area contributed by atoms with Gasteiger partial charge in [0.05, 0.1) is 12.2 Å². The Labute approximate surface area is 85.9 Å². The molecule has 1 amide bonds. The highest BCUT2D eigenvalue weighted by Gasteiger charge is 2.18. The molecule has 0 radical (unpaired) electrons. The Morgan fingerprint density at radius 2 is 2.50 bits per heavy atom. The Hall–Kier alpha value is -1.49. The molecule has 0 fully saturated rings. The molecule has 0 atom stereocenters. The average Bonchev–Trinajstić information content (AvgIpc) is 2.42. The van der Waals surface area contributed by atoms with E-state index >= 15 is 0 Å². The molecule has 1 aromatic rings. The molecule has 1 rings (SSSR count). The molecule has 0 saturated carbocycles. The number of aryl methyl sites for hydroxylation is 1. The van der Waals surface area contributed by atoms with Crippen LogP contribution in [0.4, 0.5) is 0 Å². The normalized spacial score (nSPS) is 9.86. The van der Waals surface area contributed by atoms with Crippen LogP contribution in [0.1, 0.15) is 16.1 Å². The maximum absolute atomic E-state index is 11.2. The summed E-state index contributed by atoms with van der Waals surface area (Å²) in [5.74, 6) is -0.678. The van der Waals surface area contributed by atoms with Crippen molar-refractivity contribution in [2.75, 3.05) is 0 Å². The largest absolute Gasteiger partial charge is 0.299 e. The van der Waals surface area contributed by atoms with E-state index in [1.54, 1.807) is 13.0 Å². The highest BCUT2D eigenvalue weighted by atomic mass is 35.5. The second-order valence-electron chi connectivity index (χ2n) is 2.64. The second kappa shape index (κ2) is 4.15. The Morgan fingerprint density at radius 1 is 1.86 bits per heavy atom. The number of aromatic nitrogens is 2. The van der Waals surface area contributed by atoms with Gasteiger partial charge in [-0.05, 0) is 6.92 Å². The predicted molar refractivity (Wildman–Crippen MR) is 51.6 cm³/mol. The number of carbonyl (C=O) groups excluding carboxylic acids is 1. The molecule has 1 heterocycles. The first-order valence-electron chi connectivity index (χ1n) is 3.87. The fourth-order valence-corrected chi connectivity index (χ4v) is 1.42. The molecule has 1 N–H and O–H groups in total. The lowest BCUT2D eigenvalue weighted by Gasteiger charge is -1.96. The molecule has 5 nitrogen and oxygen atoms in total. The van der Waals surface area contributed by atoms with Crippen molar-refractivity contribution in [3.05, 3.63) is 29.1 Å². The number of carbonyl (C=O) groups is 1. The van der Waals surface area contributed by atoms with Crippen molar-refractivity contribution in [3.63, 3.8) is 0 Å². The van der Waals surface area contributed by atoms with Gasteiger partial charge in [-0.15, -0.1) is 11.7 Å². The monoisotopic (exact) mass is 212 g/mol. The first-order valence-corrected chi connectivity index (χ1v) is 4.25. The van der Waals surface area contributed by atoms with E-state index < -0.39 is 5.91 Å². The van der Waals surface area contributed by atoms with Crippen molar-refractivity contribution in [1.29, 1.82) is 5.53 Å². The Kier molecular flexibility index (Phi) is 3.14. The number of nitrogens with one attached hydrogen (secondary N) is 1. The highest BCUT2D eigenvalue weighted by Crippen LogP contribution is 2.20. The Morgan fingerprint density at radius 3 is 3.00 bits per heavy atom. The van der Waals surface area contributed by atoms with Crippen LogP contribution in [0.5, 0.6) is 0 Å². The fraction of sp³-hybridized carbons (Fsp3) is 0.250. The van der Waals surface area contributed by atoms with Crippen LogP contribution in [0.2, 0.25) is 5.15 Å². The summed E-state index contributed by atoms with van der Waals surface area (Å²) < 4.78 is 1.43. The van der Waals surface area contributed by atoms with Gasteiger partial charge in [-0.3, -0.25) is 4.79 Å². The van der Waals surface area contributed by atoms with E-state index in [9.17, 15) is 4.79 Å². The molecule has 1 aromatic heterocycles.